The summed E-state index contributed by atoms with van der Waals surface area (Å²) in [5.41, 5.74) is 2.03. The van der Waals surface area contributed by atoms with E-state index in [9.17, 15) is 0 Å². The normalized spacial score (nSPS) is 23.7. The van der Waals surface area contributed by atoms with Crippen molar-refractivity contribution in [1.82, 2.24) is 14.6 Å². The number of nitrogens with one attached hydrogen (secondary N) is 1. The molecule has 0 aliphatic heterocycles. The van der Waals surface area contributed by atoms with Crippen molar-refractivity contribution in [2.75, 3.05) is 11.9 Å². The Kier molecular flexibility index (Phi) is 2.94. The molecule has 1 aliphatic rings. The molecule has 0 spiro atoms. The molecule has 0 bridgehead atoms. The highest BCUT2D eigenvalue weighted by molar-refractivity contribution is 5.44. The highest BCUT2D eigenvalue weighted by atomic mass is 15.3. The van der Waals surface area contributed by atoms with Crippen LogP contribution in [0.25, 0.3) is 5.65 Å². The van der Waals surface area contributed by atoms with E-state index in [2.05, 4.69) is 22.3 Å². The van der Waals surface area contributed by atoms with E-state index in [4.69, 9.17) is 0 Å². The smallest absolute Gasteiger partial charge is 0.243 e. The molecule has 18 heavy (non-hydrogen) atoms. The third-order valence-corrected chi connectivity index (χ3v) is 3.90. The number of aryl methyl sites for hydroxylation is 1. The summed E-state index contributed by atoms with van der Waals surface area (Å²) >= 11 is 0. The Morgan fingerprint density at radius 1 is 1.39 bits per heavy atom. The van der Waals surface area contributed by atoms with Crippen molar-refractivity contribution in [2.24, 2.45) is 11.8 Å². The Bertz CT molecular complexity index is 546. The summed E-state index contributed by atoms with van der Waals surface area (Å²) in [5, 5.41) is 7.87. The zero-order valence-electron chi connectivity index (χ0n) is 11.1. The van der Waals surface area contributed by atoms with Gasteiger partial charge in [-0.15, -0.1) is 5.10 Å². The summed E-state index contributed by atoms with van der Waals surface area (Å²) in [5.74, 6) is 2.42. The van der Waals surface area contributed by atoms with Crippen LogP contribution in [0.5, 0.6) is 0 Å². The number of nitrogens with zero attached hydrogens (tertiary/aromatic N) is 3. The van der Waals surface area contributed by atoms with Gasteiger partial charge in [-0.25, -0.2) is 4.52 Å². The predicted molar refractivity (Wildman–Crippen MR) is 72.7 cm³/mol. The topological polar surface area (TPSA) is 42.2 Å². The maximum absolute atomic E-state index is 4.49. The highest BCUT2D eigenvalue weighted by Crippen LogP contribution is 2.30. The minimum Gasteiger partial charge on any atom is -0.353 e. The van der Waals surface area contributed by atoms with Crippen LogP contribution in [-0.2, 0) is 0 Å². The van der Waals surface area contributed by atoms with E-state index >= 15 is 0 Å². The van der Waals surface area contributed by atoms with Gasteiger partial charge in [0.2, 0.25) is 5.95 Å². The second kappa shape index (κ2) is 4.59. The number of aromatic nitrogens is 3. The van der Waals surface area contributed by atoms with E-state index in [-0.39, 0.29) is 0 Å². The molecule has 4 nitrogen and oxygen atoms in total. The SMILES string of the molecule is Cc1cccc2nc(NCC3CCC(C)C3)nn12. The molecule has 1 aliphatic carbocycles. The first kappa shape index (κ1) is 11.5. The number of fused-ring (bicyclic) bond motifs is 1. The molecule has 0 aromatic carbocycles. The monoisotopic (exact) mass is 244 g/mol. The minimum atomic E-state index is 0.754. The molecule has 2 atom stereocenters. The first-order chi connectivity index (χ1) is 8.72. The molecular formula is C14H20N4. The molecular weight excluding hydrogens is 224 g/mol. The Morgan fingerprint density at radius 3 is 3.00 bits per heavy atom. The molecule has 1 saturated carbocycles. The van der Waals surface area contributed by atoms with Gasteiger partial charge >= 0.3 is 0 Å². The van der Waals surface area contributed by atoms with Crippen molar-refractivity contribution in [3.63, 3.8) is 0 Å². The van der Waals surface area contributed by atoms with Crippen LogP contribution >= 0.6 is 0 Å². The largest absolute Gasteiger partial charge is 0.353 e. The van der Waals surface area contributed by atoms with Crippen LogP contribution in [0.4, 0.5) is 5.95 Å². The fourth-order valence-corrected chi connectivity index (χ4v) is 2.86. The first-order valence-electron chi connectivity index (χ1n) is 6.78. The molecule has 0 radical (unpaired) electrons. The number of hydrogen-bond donors (Lipinski definition) is 1. The van der Waals surface area contributed by atoms with Crippen molar-refractivity contribution in [2.45, 2.75) is 33.1 Å². The molecule has 2 unspecified atom stereocenters. The lowest BCUT2D eigenvalue weighted by Crippen LogP contribution is -2.12. The zero-order chi connectivity index (χ0) is 12.5. The molecule has 2 heterocycles. The van der Waals surface area contributed by atoms with Gasteiger partial charge in [0.1, 0.15) is 0 Å². The number of pyridine rings is 1. The molecule has 3 rings (SSSR count). The van der Waals surface area contributed by atoms with Crippen molar-refractivity contribution >= 4 is 11.6 Å². The summed E-state index contributed by atoms with van der Waals surface area (Å²) in [7, 11) is 0. The van der Waals surface area contributed by atoms with Gasteiger partial charge < -0.3 is 5.32 Å². The standard InChI is InChI=1S/C14H20N4/c1-10-6-7-12(8-10)9-15-14-16-13-5-3-4-11(2)18(13)17-14/h3-5,10,12H,6-9H2,1-2H3,(H,15,17). The number of rotatable bonds is 3. The van der Waals surface area contributed by atoms with Crippen molar-refractivity contribution in [1.29, 1.82) is 0 Å². The minimum absolute atomic E-state index is 0.754. The maximum Gasteiger partial charge on any atom is 0.243 e. The van der Waals surface area contributed by atoms with Crippen molar-refractivity contribution < 1.29 is 0 Å². The molecule has 0 amide bonds. The van der Waals surface area contributed by atoms with E-state index in [1.54, 1.807) is 0 Å². The van der Waals surface area contributed by atoms with Gasteiger partial charge in [-0.1, -0.05) is 19.4 Å². The fourth-order valence-electron chi connectivity index (χ4n) is 2.86. The Morgan fingerprint density at radius 2 is 2.28 bits per heavy atom. The zero-order valence-corrected chi connectivity index (χ0v) is 11.1. The van der Waals surface area contributed by atoms with Crippen LogP contribution in [0.3, 0.4) is 0 Å². The van der Waals surface area contributed by atoms with Gasteiger partial charge in [-0.3, -0.25) is 0 Å². The summed E-state index contributed by atoms with van der Waals surface area (Å²) in [6.07, 6.45) is 4.03. The molecule has 1 fully saturated rings. The second-order valence-corrected chi connectivity index (χ2v) is 5.54. The van der Waals surface area contributed by atoms with E-state index in [1.165, 1.54) is 19.3 Å². The molecule has 96 valence electrons. The van der Waals surface area contributed by atoms with Gasteiger partial charge in [0.25, 0.3) is 0 Å². The van der Waals surface area contributed by atoms with E-state index in [0.29, 0.717) is 0 Å². The van der Waals surface area contributed by atoms with E-state index in [0.717, 1.165) is 35.7 Å². The average Bonchev–Trinajstić information content (AvgIpc) is 2.93. The summed E-state index contributed by atoms with van der Waals surface area (Å²) in [6, 6.07) is 6.05. The number of hydrogen-bond acceptors (Lipinski definition) is 3. The quantitative estimate of drug-likeness (QED) is 0.902. The Balaban J connectivity index is 1.69. The average molecular weight is 244 g/mol. The third-order valence-electron chi connectivity index (χ3n) is 3.90. The van der Waals surface area contributed by atoms with Gasteiger partial charge in [-0.2, -0.15) is 4.98 Å². The van der Waals surface area contributed by atoms with Crippen LogP contribution in [0.15, 0.2) is 18.2 Å². The van der Waals surface area contributed by atoms with E-state index < -0.39 is 0 Å². The molecule has 4 heteroatoms. The van der Waals surface area contributed by atoms with Crippen LogP contribution in [0, 0.1) is 18.8 Å². The van der Waals surface area contributed by atoms with E-state index in [1.807, 2.05) is 29.6 Å². The van der Waals surface area contributed by atoms with Crippen LogP contribution in [0.1, 0.15) is 31.9 Å². The lowest BCUT2D eigenvalue weighted by Gasteiger charge is -2.08. The van der Waals surface area contributed by atoms with Crippen molar-refractivity contribution in [3.05, 3.63) is 23.9 Å². The summed E-state index contributed by atoms with van der Waals surface area (Å²) < 4.78 is 1.89. The molecule has 2 aromatic heterocycles. The molecule has 2 aromatic rings. The highest BCUT2D eigenvalue weighted by Gasteiger charge is 2.21. The fraction of sp³-hybridized carbons (Fsp3) is 0.571. The van der Waals surface area contributed by atoms with Crippen LogP contribution in [0.2, 0.25) is 0 Å². The second-order valence-electron chi connectivity index (χ2n) is 5.54. The first-order valence-corrected chi connectivity index (χ1v) is 6.78. The summed E-state index contributed by atoms with van der Waals surface area (Å²) in [4.78, 5) is 4.49. The van der Waals surface area contributed by atoms with Crippen molar-refractivity contribution in [3.8, 4) is 0 Å². The van der Waals surface area contributed by atoms with Gasteiger partial charge in [-0.05, 0) is 43.7 Å². The van der Waals surface area contributed by atoms with Gasteiger partial charge in [0.05, 0.1) is 0 Å². The number of anilines is 1. The van der Waals surface area contributed by atoms with Crippen LogP contribution in [-0.4, -0.2) is 21.1 Å². The Labute approximate surface area is 107 Å². The maximum atomic E-state index is 4.49. The lowest BCUT2D eigenvalue weighted by atomic mass is 10.1. The predicted octanol–water partition coefficient (Wildman–Crippen LogP) is 2.89. The lowest BCUT2D eigenvalue weighted by molar-refractivity contribution is 0.536. The van der Waals surface area contributed by atoms with Gasteiger partial charge in [0, 0.05) is 12.2 Å². The van der Waals surface area contributed by atoms with Gasteiger partial charge in [0.15, 0.2) is 5.65 Å². The molecule has 0 saturated heterocycles. The Hall–Kier alpha value is -1.58. The summed E-state index contributed by atoms with van der Waals surface area (Å²) in [6.45, 7) is 5.39. The molecule has 1 N–H and O–H groups in total. The van der Waals surface area contributed by atoms with Crippen LogP contribution < -0.4 is 5.32 Å². The third kappa shape index (κ3) is 2.19.